The van der Waals surface area contributed by atoms with Crippen molar-refractivity contribution in [2.75, 3.05) is 25.9 Å². The lowest BCUT2D eigenvalue weighted by molar-refractivity contribution is 0.242. The van der Waals surface area contributed by atoms with Crippen molar-refractivity contribution >= 4 is 30.5 Å². The van der Waals surface area contributed by atoms with E-state index in [9.17, 15) is 0 Å². The van der Waals surface area contributed by atoms with Gasteiger partial charge in [0.05, 0.1) is 0 Å². The quantitative estimate of drug-likeness (QED) is 0.837. The van der Waals surface area contributed by atoms with E-state index in [0.717, 1.165) is 18.8 Å². The average Bonchev–Trinajstić information content (AvgIpc) is 2.66. The number of nitrogens with one attached hydrogen (secondary N) is 1. The van der Waals surface area contributed by atoms with E-state index in [2.05, 4.69) is 22.3 Å². The summed E-state index contributed by atoms with van der Waals surface area (Å²) in [4.78, 5) is 2.55. The number of hydrogen-bond donors (Lipinski definition) is 2. The Balaban J connectivity index is 0.00000144. The van der Waals surface area contributed by atoms with E-state index < -0.39 is 0 Å². The lowest BCUT2D eigenvalue weighted by Gasteiger charge is -2.24. The molecule has 0 aromatic heterocycles. The van der Waals surface area contributed by atoms with Crippen molar-refractivity contribution in [1.29, 1.82) is 0 Å². The van der Waals surface area contributed by atoms with Crippen LogP contribution in [0.2, 0.25) is 0 Å². The third kappa shape index (κ3) is 4.65. The monoisotopic (exact) mass is 291 g/mol. The summed E-state index contributed by atoms with van der Waals surface area (Å²) >= 11 is 0. The van der Waals surface area contributed by atoms with Crippen LogP contribution in [0.15, 0.2) is 24.3 Å². The minimum absolute atomic E-state index is 0. The molecule has 0 aliphatic carbocycles. The van der Waals surface area contributed by atoms with Gasteiger partial charge in [0.15, 0.2) is 0 Å². The molecule has 1 aromatic rings. The maximum Gasteiger partial charge on any atom is 0.0317 e. The van der Waals surface area contributed by atoms with Gasteiger partial charge in [-0.1, -0.05) is 12.1 Å². The summed E-state index contributed by atoms with van der Waals surface area (Å²) in [7, 11) is 2.02. The van der Waals surface area contributed by atoms with Crippen LogP contribution in [0.1, 0.15) is 18.4 Å². The van der Waals surface area contributed by atoms with E-state index in [1.165, 1.54) is 24.9 Å². The Kier molecular flexibility index (Phi) is 8.36. The molecule has 1 unspecified atom stereocenters. The Morgan fingerprint density at radius 1 is 1.39 bits per heavy atom. The van der Waals surface area contributed by atoms with Crippen molar-refractivity contribution in [2.45, 2.75) is 25.4 Å². The van der Waals surface area contributed by atoms with Gasteiger partial charge in [-0.15, -0.1) is 24.8 Å². The predicted octanol–water partition coefficient (Wildman–Crippen LogP) is 2.30. The molecule has 3 nitrogen and oxygen atoms in total. The zero-order valence-corrected chi connectivity index (χ0v) is 12.4. The minimum atomic E-state index is 0. The van der Waals surface area contributed by atoms with Crippen LogP contribution in [0.4, 0.5) is 5.69 Å². The molecule has 0 bridgehead atoms. The molecule has 18 heavy (non-hydrogen) atoms. The Morgan fingerprint density at radius 2 is 2.17 bits per heavy atom. The van der Waals surface area contributed by atoms with Gasteiger partial charge in [-0.25, -0.2) is 0 Å². The number of likely N-dealkylation sites (N-methyl/N-ethyl adjacent to an activating group) is 1. The van der Waals surface area contributed by atoms with Crippen LogP contribution in [0, 0.1) is 0 Å². The van der Waals surface area contributed by atoms with Crippen molar-refractivity contribution in [3.8, 4) is 0 Å². The fraction of sp³-hybridized carbons (Fsp3) is 0.538. The van der Waals surface area contributed by atoms with Gasteiger partial charge in [0.25, 0.3) is 0 Å². The molecule has 1 fully saturated rings. The van der Waals surface area contributed by atoms with Crippen molar-refractivity contribution in [1.82, 2.24) is 10.2 Å². The first-order valence-electron chi connectivity index (χ1n) is 6.02. The first kappa shape index (κ1) is 17.5. The Morgan fingerprint density at radius 3 is 2.83 bits per heavy atom. The highest BCUT2D eigenvalue weighted by Crippen LogP contribution is 2.20. The number of likely N-dealkylation sites (tertiary alicyclic amines) is 1. The molecule has 1 aliphatic rings. The van der Waals surface area contributed by atoms with E-state index in [1.807, 2.05) is 19.2 Å². The second-order valence-corrected chi connectivity index (χ2v) is 4.57. The van der Waals surface area contributed by atoms with E-state index in [4.69, 9.17) is 5.73 Å². The van der Waals surface area contributed by atoms with Gasteiger partial charge in [-0.05, 0) is 44.1 Å². The molecule has 1 aromatic carbocycles. The molecule has 2 rings (SSSR count). The van der Waals surface area contributed by atoms with Crippen LogP contribution in [0.3, 0.4) is 0 Å². The first-order chi connectivity index (χ1) is 7.79. The average molecular weight is 292 g/mol. The normalized spacial score (nSPS) is 19.1. The summed E-state index contributed by atoms with van der Waals surface area (Å²) < 4.78 is 0. The number of nitrogens with two attached hydrogens (primary N) is 1. The SMILES string of the molecule is CNCC1CCCN1Cc1cccc(N)c1.Cl.Cl. The highest BCUT2D eigenvalue weighted by atomic mass is 35.5. The summed E-state index contributed by atoms with van der Waals surface area (Å²) in [5.74, 6) is 0. The lowest BCUT2D eigenvalue weighted by Crippen LogP contribution is -2.36. The number of nitrogen functional groups attached to an aromatic ring is 1. The van der Waals surface area contributed by atoms with Gasteiger partial charge in [0.1, 0.15) is 0 Å². The van der Waals surface area contributed by atoms with Gasteiger partial charge in [-0.3, -0.25) is 4.90 Å². The van der Waals surface area contributed by atoms with E-state index in [1.54, 1.807) is 0 Å². The summed E-state index contributed by atoms with van der Waals surface area (Å²) in [5, 5.41) is 3.27. The van der Waals surface area contributed by atoms with E-state index in [0.29, 0.717) is 6.04 Å². The van der Waals surface area contributed by atoms with Gasteiger partial charge >= 0.3 is 0 Å². The van der Waals surface area contributed by atoms with E-state index >= 15 is 0 Å². The molecular formula is C13H23Cl2N3. The number of hydrogen-bond acceptors (Lipinski definition) is 3. The third-order valence-electron chi connectivity index (χ3n) is 3.28. The summed E-state index contributed by atoms with van der Waals surface area (Å²) in [6.07, 6.45) is 2.62. The maximum atomic E-state index is 5.80. The lowest BCUT2D eigenvalue weighted by atomic mass is 10.1. The van der Waals surface area contributed by atoms with Gasteiger partial charge < -0.3 is 11.1 Å². The van der Waals surface area contributed by atoms with E-state index in [-0.39, 0.29) is 24.8 Å². The molecule has 1 saturated heterocycles. The number of nitrogens with zero attached hydrogens (tertiary/aromatic N) is 1. The van der Waals surface area contributed by atoms with Gasteiger partial charge in [-0.2, -0.15) is 0 Å². The standard InChI is InChI=1S/C13H21N3.2ClH/c1-15-9-13-6-3-7-16(13)10-11-4-2-5-12(14)8-11;;/h2,4-5,8,13,15H,3,6-7,9-10,14H2,1H3;2*1H. The molecule has 0 saturated carbocycles. The van der Waals surface area contributed by atoms with Gasteiger partial charge in [0.2, 0.25) is 0 Å². The van der Waals surface area contributed by atoms with Crippen LogP contribution < -0.4 is 11.1 Å². The van der Waals surface area contributed by atoms with Crippen LogP contribution >= 0.6 is 24.8 Å². The Labute approximate surface area is 122 Å². The number of benzene rings is 1. The zero-order valence-electron chi connectivity index (χ0n) is 10.8. The molecule has 1 heterocycles. The highest BCUT2D eigenvalue weighted by molar-refractivity contribution is 5.85. The second kappa shape index (κ2) is 8.59. The number of rotatable bonds is 4. The zero-order chi connectivity index (χ0) is 11.4. The fourth-order valence-corrected chi connectivity index (χ4v) is 2.50. The van der Waals surface area contributed by atoms with Crippen LogP contribution in [-0.4, -0.2) is 31.1 Å². The van der Waals surface area contributed by atoms with Crippen molar-refractivity contribution in [2.24, 2.45) is 0 Å². The molecule has 0 radical (unpaired) electrons. The largest absolute Gasteiger partial charge is 0.399 e. The van der Waals surface area contributed by atoms with Crippen molar-refractivity contribution in [3.05, 3.63) is 29.8 Å². The molecule has 3 N–H and O–H groups in total. The molecule has 0 spiro atoms. The highest BCUT2D eigenvalue weighted by Gasteiger charge is 2.23. The summed E-state index contributed by atoms with van der Waals surface area (Å²) in [5.41, 5.74) is 7.98. The predicted molar refractivity (Wildman–Crippen MR) is 82.7 cm³/mol. The van der Waals surface area contributed by atoms with Crippen LogP contribution in [0.5, 0.6) is 0 Å². The third-order valence-corrected chi connectivity index (χ3v) is 3.28. The summed E-state index contributed by atoms with van der Waals surface area (Å²) in [6.45, 7) is 3.32. The number of anilines is 1. The van der Waals surface area contributed by atoms with Crippen molar-refractivity contribution in [3.63, 3.8) is 0 Å². The molecular weight excluding hydrogens is 269 g/mol. The first-order valence-corrected chi connectivity index (χ1v) is 6.02. The molecule has 1 aliphatic heterocycles. The minimum Gasteiger partial charge on any atom is -0.399 e. The smallest absolute Gasteiger partial charge is 0.0317 e. The van der Waals surface area contributed by atoms with Crippen LogP contribution in [0.25, 0.3) is 0 Å². The molecule has 5 heteroatoms. The maximum absolute atomic E-state index is 5.80. The van der Waals surface area contributed by atoms with Crippen molar-refractivity contribution < 1.29 is 0 Å². The summed E-state index contributed by atoms with van der Waals surface area (Å²) in [6, 6.07) is 8.90. The molecule has 1 atom stereocenters. The fourth-order valence-electron chi connectivity index (χ4n) is 2.50. The van der Waals surface area contributed by atoms with Crippen LogP contribution in [-0.2, 0) is 6.54 Å². The van der Waals surface area contributed by atoms with Gasteiger partial charge in [0, 0.05) is 24.8 Å². The topological polar surface area (TPSA) is 41.3 Å². The molecule has 0 amide bonds. The number of halogens is 2. The Bertz CT molecular complexity index is 347. The Hall–Kier alpha value is -0.480. The molecule has 104 valence electrons. The second-order valence-electron chi connectivity index (χ2n) is 4.57.